The van der Waals surface area contributed by atoms with E-state index in [1.807, 2.05) is 13.8 Å². The largest absolute Gasteiger partial charge is 0.339 e. The normalized spacial score (nSPS) is 23.3. The molecule has 0 bridgehead atoms. The predicted molar refractivity (Wildman–Crippen MR) is 83.9 cm³/mol. The Labute approximate surface area is 128 Å². The number of amides is 1. The minimum Gasteiger partial charge on any atom is -0.339 e. The Morgan fingerprint density at radius 2 is 1.67 bits per heavy atom. The fourth-order valence-corrected chi connectivity index (χ4v) is 6.07. The molecule has 0 radical (unpaired) electrons. The summed E-state index contributed by atoms with van der Waals surface area (Å²) in [5.74, 6) is -0.351. The van der Waals surface area contributed by atoms with Crippen LogP contribution < -0.4 is 5.32 Å². The molecule has 1 N–H and O–H groups in total. The second kappa shape index (κ2) is 7.09. The molecule has 1 heterocycles. The molecule has 2 rings (SSSR count). The SMILES string of the molecule is CC(C)C(C(=O)N1CCNCC1)S(=O)(=O)C1CCCCC1. The Morgan fingerprint density at radius 3 is 2.19 bits per heavy atom. The third-order valence-electron chi connectivity index (χ3n) is 4.65. The van der Waals surface area contributed by atoms with Crippen LogP contribution in [0, 0.1) is 5.92 Å². The van der Waals surface area contributed by atoms with Crippen molar-refractivity contribution in [2.45, 2.75) is 56.5 Å². The van der Waals surface area contributed by atoms with E-state index >= 15 is 0 Å². The van der Waals surface area contributed by atoms with Gasteiger partial charge in [-0.1, -0.05) is 33.1 Å². The van der Waals surface area contributed by atoms with Gasteiger partial charge in [-0.25, -0.2) is 8.42 Å². The molecule has 122 valence electrons. The minimum absolute atomic E-state index is 0.167. The maximum atomic E-state index is 12.9. The molecule has 0 aromatic carbocycles. The summed E-state index contributed by atoms with van der Waals surface area (Å²) in [7, 11) is -3.38. The average molecular weight is 316 g/mol. The predicted octanol–water partition coefficient (Wildman–Crippen LogP) is 1.19. The summed E-state index contributed by atoms with van der Waals surface area (Å²) in [6.07, 6.45) is 4.50. The van der Waals surface area contributed by atoms with Crippen LogP contribution in [-0.2, 0) is 14.6 Å². The molecule has 21 heavy (non-hydrogen) atoms. The lowest BCUT2D eigenvalue weighted by molar-refractivity contribution is -0.132. The maximum absolute atomic E-state index is 12.9. The van der Waals surface area contributed by atoms with Gasteiger partial charge < -0.3 is 10.2 Å². The molecule has 2 fully saturated rings. The van der Waals surface area contributed by atoms with Crippen molar-refractivity contribution in [2.75, 3.05) is 26.2 Å². The molecule has 0 aromatic rings. The van der Waals surface area contributed by atoms with Crippen molar-refractivity contribution in [3.8, 4) is 0 Å². The Hall–Kier alpha value is -0.620. The zero-order valence-electron chi connectivity index (χ0n) is 13.2. The Bertz CT molecular complexity index is 450. The quantitative estimate of drug-likeness (QED) is 0.846. The molecule has 2 aliphatic rings. The van der Waals surface area contributed by atoms with Crippen LogP contribution in [0.4, 0.5) is 0 Å². The molecule has 1 unspecified atom stereocenters. The van der Waals surface area contributed by atoms with Gasteiger partial charge in [0.05, 0.1) is 5.25 Å². The van der Waals surface area contributed by atoms with Gasteiger partial charge in [0, 0.05) is 26.2 Å². The van der Waals surface area contributed by atoms with E-state index in [0.29, 0.717) is 13.1 Å². The highest BCUT2D eigenvalue weighted by atomic mass is 32.2. The van der Waals surface area contributed by atoms with Crippen molar-refractivity contribution in [2.24, 2.45) is 5.92 Å². The average Bonchev–Trinajstić information content (AvgIpc) is 2.48. The van der Waals surface area contributed by atoms with Crippen LogP contribution >= 0.6 is 0 Å². The van der Waals surface area contributed by atoms with E-state index in [1.165, 1.54) is 0 Å². The monoisotopic (exact) mass is 316 g/mol. The number of nitrogens with one attached hydrogen (secondary N) is 1. The molecule has 6 heteroatoms. The van der Waals surface area contributed by atoms with Crippen molar-refractivity contribution in [3.05, 3.63) is 0 Å². The van der Waals surface area contributed by atoms with Gasteiger partial charge in [0.1, 0.15) is 5.25 Å². The zero-order valence-corrected chi connectivity index (χ0v) is 14.0. The van der Waals surface area contributed by atoms with Crippen molar-refractivity contribution in [1.82, 2.24) is 10.2 Å². The minimum atomic E-state index is -3.38. The summed E-state index contributed by atoms with van der Waals surface area (Å²) in [6.45, 7) is 6.43. The summed E-state index contributed by atoms with van der Waals surface area (Å²) in [5, 5.41) is 2.02. The van der Waals surface area contributed by atoms with Crippen molar-refractivity contribution >= 4 is 15.7 Å². The first-order valence-electron chi connectivity index (χ1n) is 8.17. The van der Waals surface area contributed by atoms with Crippen LogP contribution in [0.2, 0.25) is 0 Å². The summed E-state index contributed by atoms with van der Waals surface area (Å²) in [6, 6.07) is 0. The second-order valence-corrected chi connectivity index (χ2v) is 8.94. The third-order valence-corrected chi connectivity index (χ3v) is 7.50. The lowest BCUT2D eigenvalue weighted by atomic mass is 10.0. The first kappa shape index (κ1) is 16.7. The van der Waals surface area contributed by atoms with Gasteiger partial charge in [-0.2, -0.15) is 0 Å². The molecule has 0 aromatic heterocycles. The van der Waals surface area contributed by atoms with Crippen LogP contribution in [0.3, 0.4) is 0 Å². The van der Waals surface area contributed by atoms with Gasteiger partial charge in [0.2, 0.25) is 5.91 Å². The molecule has 1 amide bonds. The van der Waals surface area contributed by atoms with E-state index in [-0.39, 0.29) is 17.1 Å². The van der Waals surface area contributed by atoms with Gasteiger partial charge in [-0.15, -0.1) is 0 Å². The Morgan fingerprint density at radius 1 is 1.10 bits per heavy atom. The summed E-state index contributed by atoms with van der Waals surface area (Å²) in [4.78, 5) is 14.5. The fourth-order valence-electron chi connectivity index (χ4n) is 3.47. The van der Waals surface area contributed by atoms with E-state index < -0.39 is 15.1 Å². The highest BCUT2D eigenvalue weighted by Gasteiger charge is 2.42. The molecule has 1 aliphatic carbocycles. The highest BCUT2D eigenvalue weighted by molar-refractivity contribution is 7.93. The number of hydrogen-bond acceptors (Lipinski definition) is 4. The van der Waals surface area contributed by atoms with E-state index in [9.17, 15) is 13.2 Å². The topological polar surface area (TPSA) is 66.5 Å². The van der Waals surface area contributed by atoms with Crippen molar-refractivity contribution in [1.29, 1.82) is 0 Å². The van der Waals surface area contributed by atoms with E-state index in [2.05, 4.69) is 5.32 Å². The van der Waals surface area contributed by atoms with Gasteiger partial charge in [0.15, 0.2) is 9.84 Å². The first-order valence-corrected chi connectivity index (χ1v) is 9.77. The lowest BCUT2D eigenvalue weighted by Gasteiger charge is -2.34. The number of rotatable bonds is 4. The lowest BCUT2D eigenvalue weighted by Crippen LogP contribution is -2.54. The third kappa shape index (κ3) is 3.77. The molecule has 5 nitrogen and oxygen atoms in total. The van der Waals surface area contributed by atoms with Gasteiger partial charge in [-0.3, -0.25) is 4.79 Å². The number of sulfone groups is 1. The molecule has 1 saturated carbocycles. The summed E-state index contributed by atoms with van der Waals surface area (Å²) < 4.78 is 25.9. The van der Waals surface area contributed by atoms with Crippen LogP contribution in [-0.4, -0.2) is 55.9 Å². The Kier molecular flexibility index (Phi) is 5.66. The maximum Gasteiger partial charge on any atom is 0.241 e. The van der Waals surface area contributed by atoms with Crippen LogP contribution in [0.5, 0.6) is 0 Å². The summed E-state index contributed by atoms with van der Waals surface area (Å²) >= 11 is 0. The first-order chi connectivity index (χ1) is 9.94. The van der Waals surface area contributed by atoms with E-state index in [4.69, 9.17) is 0 Å². The molecular weight excluding hydrogens is 288 g/mol. The molecular formula is C15H28N2O3S. The number of nitrogens with zero attached hydrogens (tertiary/aromatic N) is 1. The number of hydrogen-bond donors (Lipinski definition) is 1. The molecule has 1 saturated heterocycles. The fraction of sp³-hybridized carbons (Fsp3) is 0.933. The van der Waals surface area contributed by atoms with Gasteiger partial charge in [-0.05, 0) is 18.8 Å². The molecule has 0 spiro atoms. The van der Waals surface area contributed by atoms with Gasteiger partial charge in [0.25, 0.3) is 0 Å². The molecule has 1 aliphatic heterocycles. The number of carbonyl (C=O) groups excluding carboxylic acids is 1. The van der Waals surface area contributed by atoms with Gasteiger partial charge >= 0.3 is 0 Å². The van der Waals surface area contributed by atoms with Crippen molar-refractivity contribution in [3.63, 3.8) is 0 Å². The van der Waals surface area contributed by atoms with E-state index in [1.54, 1.807) is 4.90 Å². The second-order valence-electron chi connectivity index (χ2n) is 6.59. The standard InChI is InChI=1S/C15H28N2O3S/c1-12(2)14(15(18)17-10-8-16-9-11-17)21(19,20)13-6-4-3-5-7-13/h12-14,16H,3-11H2,1-2H3. The van der Waals surface area contributed by atoms with Crippen molar-refractivity contribution < 1.29 is 13.2 Å². The van der Waals surface area contributed by atoms with E-state index in [0.717, 1.165) is 45.2 Å². The van der Waals surface area contributed by atoms with Crippen LogP contribution in [0.25, 0.3) is 0 Å². The summed E-state index contributed by atoms with van der Waals surface area (Å²) in [5.41, 5.74) is 0. The van der Waals surface area contributed by atoms with Crippen LogP contribution in [0.1, 0.15) is 46.0 Å². The Balaban J connectivity index is 2.18. The smallest absolute Gasteiger partial charge is 0.241 e. The number of carbonyl (C=O) groups is 1. The van der Waals surface area contributed by atoms with Crippen LogP contribution in [0.15, 0.2) is 0 Å². The number of piperazine rings is 1. The highest BCUT2D eigenvalue weighted by Crippen LogP contribution is 2.29. The zero-order chi connectivity index (χ0) is 15.5. The molecule has 1 atom stereocenters.